The summed E-state index contributed by atoms with van der Waals surface area (Å²) >= 11 is 0. The van der Waals surface area contributed by atoms with Crippen molar-refractivity contribution in [2.45, 2.75) is 26.2 Å². The first-order valence-corrected chi connectivity index (χ1v) is 9.44. The number of carbonyl (C=O) groups is 2. The third-order valence-electron chi connectivity index (χ3n) is 4.35. The van der Waals surface area contributed by atoms with Crippen LogP contribution in [0.5, 0.6) is 11.6 Å². The summed E-state index contributed by atoms with van der Waals surface area (Å²) in [6.45, 7) is 6.30. The lowest BCUT2D eigenvalue weighted by atomic mass is 9.86. The maximum absolute atomic E-state index is 12.4. The molecule has 0 bridgehead atoms. The van der Waals surface area contributed by atoms with Crippen LogP contribution >= 0.6 is 0 Å². The third-order valence-corrected chi connectivity index (χ3v) is 4.35. The third kappa shape index (κ3) is 5.14. The standard InChI is InChI=1S/C23H24N4O3/c1-23(2,3)17-7-4-5-9-19(17)30-21-18(8-6-14-25-21)27-22(29)26-16-12-10-15(11-13-16)20(24)28/h4-14H,1-3H3,(H2,24,28)(H2,26,27,29). The molecule has 0 aliphatic rings. The van der Waals surface area contributed by atoms with Crippen LogP contribution in [0.25, 0.3) is 0 Å². The first-order valence-electron chi connectivity index (χ1n) is 9.44. The number of urea groups is 1. The lowest BCUT2D eigenvalue weighted by molar-refractivity contribution is 0.100. The summed E-state index contributed by atoms with van der Waals surface area (Å²) in [5, 5.41) is 5.44. The lowest BCUT2D eigenvalue weighted by Crippen LogP contribution is -2.20. The van der Waals surface area contributed by atoms with Gasteiger partial charge in [0.1, 0.15) is 11.4 Å². The van der Waals surface area contributed by atoms with Crippen LogP contribution in [0.1, 0.15) is 36.7 Å². The van der Waals surface area contributed by atoms with Crippen LogP contribution in [0, 0.1) is 0 Å². The molecule has 3 amide bonds. The van der Waals surface area contributed by atoms with E-state index in [4.69, 9.17) is 10.5 Å². The van der Waals surface area contributed by atoms with Crippen molar-refractivity contribution in [1.82, 2.24) is 4.98 Å². The number of ether oxygens (including phenoxy) is 1. The van der Waals surface area contributed by atoms with Crippen LogP contribution in [0.4, 0.5) is 16.2 Å². The van der Waals surface area contributed by atoms with Gasteiger partial charge in [-0.3, -0.25) is 4.79 Å². The second kappa shape index (κ2) is 8.65. The van der Waals surface area contributed by atoms with E-state index >= 15 is 0 Å². The molecule has 0 aliphatic carbocycles. The second-order valence-electron chi connectivity index (χ2n) is 7.73. The van der Waals surface area contributed by atoms with Gasteiger partial charge >= 0.3 is 6.03 Å². The van der Waals surface area contributed by atoms with E-state index in [1.807, 2.05) is 24.3 Å². The number of amides is 3. The number of aromatic nitrogens is 1. The van der Waals surface area contributed by atoms with Gasteiger partial charge in [-0.1, -0.05) is 39.0 Å². The molecule has 7 heteroatoms. The molecule has 0 spiro atoms. The minimum Gasteiger partial charge on any atom is -0.437 e. The summed E-state index contributed by atoms with van der Waals surface area (Å²) in [6, 6.07) is 17.0. The molecule has 3 rings (SSSR count). The van der Waals surface area contributed by atoms with Gasteiger partial charge in [-0.2, -0.15) is 0 Å². The van der Waals surface area contributed by atoms with Crippen molar-refractivity contribution in [3.8, 4) is 11.6 Å². The summed E-state index contributed by atoms with van der Waals surface area (Å²) in [6.07, 6.45) is 1.60. The van der Waals surface area contributed by atoms with E-state index in [-0.39, 0.29) is 11.3 Å². The normalized spacial score (nSPS) is 10.9. The number of carbonyl (C=O) groups excluding carboxylic acids is 2. The quantitative estimate of drug-likeness (QED) is 0.561. The summed E-state index contributed by atoms with van der Waals surface area (Å²) < 4.78 is 6.06. The molecule has 0 fully saturated rings. The Kier molecular flexibility index (Phi) is 6.01. The van der Waals surface area contributed by atoms with Gasteiger partial charge in [-0.25, -0.2) is 9.78 Å². The van der Waals surface area contributed by atoms with Gasteiger partial charge in [0.05, 0.1) is 0 Å². The van der Waals surface area contributed by atoms with Crippen molar-refractivity contribution in [2.24, 2.45) is 5.73 Å². The molecule has 4 N–H and O–H groups in total. The Morgan fingerprint density at radius 3 is 2.30 bits per heavy atom. The average molecular weight is 404 g/mol. The average Bonchev–Trinajstić information content (AvgIpc) is 2.69. The number of para-hydroxylation sites is 1. The van der Waals surface area contributed by atoms with Crippen LogP contribution < -0.4 is 21.1 Å². The van der Waals surface area contributed by atoms with E-state index in [1.165, 1.54) is 0 Å². The van der Waals surface area contributed by atoms with E-state index in [9.17, 15) is 9.59 Å². The van der Waals surface area contributed by atoms with Crippen LogP contribution in [-0.4, -0.2) is 16.9 Å². The number of rotatable bonds is 5. The maximum Gasteiger partial charge on any atom is 0.323 e. The van der Waals surface area contributed by atoms with E-state index in [2.05, 4.69) is 36.4 Å². The van der Waals surface area contributed by atoms with Crippen molar-refractivity contribution >= 4 is 23.3 Å². The van der Waals surface area contributed by atoms with Crippen LogP contribution in [0.2, 0.25) is 0 Å². The molecular formula is C23H24N4O3. The smallest absolute Gasteiger partial charge is 0.323 e. The summed E-state index contributed by atoms with van der Waals surface area (Å²) in [7, 11) is 0. The molecule has 2 aromatic carbocycles. The first-order chi connectivity index (χ1) is 14.2. The molecule has 30 heavy (non-hydrogen) atoms. The van der Waals surface area contributed by atoms with E-state index < -0.39 is 11.9 Å². The number of anilines is 2. The minimum absolute atomic E-state index is 0.118. The largest absolute Gasteiger partial charge is 0.437 e. The zero-order chi connectivity index (χ0) is 21.7. The first kappa shape index (κ1) is 20.9. The van der Waals surface area contributed by atoms with E-state index in [0.717, 1.165) is 5.56 Å². The van der Waals surface area contributed by atoms with Gasteiger partial charge in [-0.15, -0.1) is 0 Å². The molecule has 0 atom stereocenters. The van der Waals surface area contributed by atoms with Gasteiger partial charge in [0.2, 0.25) is 11.8 Å². The molecule has 0 unspecified atom stereocenters. The summed E-state index contributed by atoms with van der Waals surface area (Å²) in [5.41, 5.74) is 7.44. The van der Waals surface area contributed by atoms with E-state index in [0.29, 0.717) is 22.7 Å². The number of primary amides is 1. The maximum atomic E-state index is 12.4. The molecule has 0 aliphatic heterocycles. The Hall–Kier alpha value is -3.87. The number of hydrogen-bond donors (Lipinski definition) is 3. The zero-order valence-corrected chi connectivity index (χ0v) is 17.1. The second-order valence-corrected chi connectivity index (χ2v) is 7.73. The van der Waals surface area contributed by atoms with Crippen molar-refractivity contribution in [1.29, 1.82) is 0 Å². The zero-order valence-electron chi connectivity index (χ0n) is 17.1. The monoisotopic (exact) mass is 404 g/mol. The number of benzene rings is 2. The van der Waals surface area contributed by atoms with Gasteiger partial charge in [-0.05, 0) is 47.9 Å². The Balaban J connectivity index is 1.76. The number of hydrogen-bond acceptors (Lipinski definition) is 4. The van der Waals surface area contributed by atoms with Gasteiger partial charge < -0.3 is 21.1 Å². The highest BCUT2D eigenvalue weighted by Crippen LogP contribution is 2.35. The minimum atomic E-state index is -0.529. The van der Waals surface area contributed by atoms with Crippen molar-refractivity contribution < 1.29 is 14.3 Å². The highest BCUT2D eigenvalue weighted by molar-refractivity contribution is 6.01. The highest BCUT2D eigenvalue weighted by Gasteiger charge is 2.20. The topological polar surface area (TPSA) is 106 Å². The SMILES string of the molecule is CC(C)(C)c1ccccc1Oc1ncccc1NC(=O)Nc1ccc(C(N)=O)cc1. The highest BCUT2D eigenvalue weighted by atomic mass is 16.5. The Morgan fingerprint density at radius 1 is 0.933 bits per heavy atom. The Bertz CT molecular complexity index is 1060. The summed E-state index contributed by atoms with van der Waals surface area (Å²) in [5.74, 6) is 0.432. The van der Waals surface area contributed by atoms with Crippen molar-refractivity contribution in [3.05, 3.63) is 78.0 Å². The van der Waals surface area contributed by atoms with Crippen LogP contribution in [0.3, 0.4) is 0 Å². The number of nitrogens with one attached hydrogen (secondary N) is 2. The lowest BCUT2D eigenvalue weighted by Gasteiger charge is -2.22. The fourth-order valence-electron chi connectivity index (χ4n) is 2.85. The fraction of sp³-hybridized carbons (Fsp3) is 0.174. The van der Waals surface area contributed by atoms with Crippen LogP contribution in [-0.2, 0) is 5.41 Å². The van der Waals surface area contributed by atoms with Crippen molar-refractivity contribution in [2.75, 3.05) is 10.6 Å². The van der Waals surface area contributed by atoms with E-state index in [1.54, 1.807) is 42.6 Å². The van der Waals surface area contributed by atoms with Gasteiger partial charge in [0, 0.05) is 23.0 Å². The predicted molar refractivity (Wildman–Crippen MR) is 117 cm³/mol. The number of nitrogens with zero attached hydrogens (tertiary/aromatic N) is 1. The molecule has 0 saturated carbocycles. The molecule has 1 heterocycles. The Morgan fingerprint density at radius 2 is 1.63 bits per heavy atom. The molecular weight excluding hydrogens is 380 g/mol. The number of nitrogens with two attached hydrogens (primary N) is 1. The molecule has 3 aromatic rings. The van der Waals surface area contributed by atoms with Gasteiger partial charge in [0.15, 0.2) is 0 Å². The fourth-order valence-corrected chi connectivity index (χ4v) is 2.85. The molecule has 7 nitrogen and oxygen atoms in total. The molecule has 0 radical (unpaired) electrons. The summed E-state index contributed by atoms with van der Waals surface area (Å²) in [4.78, 5) is 27.9. The van der Waals surface area contributed by atoms with Crippen molar-refractivity contribution in [3.63, 3.8) is 0 Å². The van der Waals surface area contributed by atoms with Gasteiger partial charge in [0.25, 0.3) is 0 Å². The number of pyridine rings is 1. The Labute approximate surface area is 175 Å². The predicted octanol–water partition coefficient (Wildman–Crippen LogP) is 4.91. The molecule has 1 aromatic heterocycles. The molecule has 154 valence electrons. The molecule has 0 saturated heterocycles. The van der Waals surface area contributed by atoms with Crippen LogP contribution in [0.15, 0.2) is 66.9 Å².